The number of hydrogen-bond donors (Lipinski definition) is 1. The first-order chi connectivity index (χ1) is 3.43. The van der Waals surface area contributed by atoms with E-state index in [0.717, 1.165) is 12.8 Å². The van der Waals surface area contributed by atoms with E-state index in [9.17, 15) is 4.79 Å². The van der Waals surface area contributed by atoms with Crippen LogP contribution < -0.4 is 5.32 Å². The van der Waals surface area contributed by atoms with Crippen LogP contribution in [0, 0.1) is 0 Å². The molecule has 0 saturated carbocycles. The van der Waals surface area contributed by atoms with Crippen molar-refractivity contribution < 1.29 is 4.79 Å². The number of aldehydes is 1. The Labute approximate surface area is 41.4 Å². The van der Waals surface area contributed by atoms with Crippen molar-refractivity contribution in [2.75, 3.05) is 6.54 Å². The largest absolute Gasteiger partial charge is 0.299 e. The van der Waals surface area contributed by atoms with Crippen LogP contribution >= 0.6 is 0 Å². The molecule has 1 heterocycles. The van der Waals surface area contributed by atoms with Crippen LogP contribution in [0.1, 0.15) is 0 Å². The van der Waals surface area contributed by atoms with Crippen molar-refractivity contribution in [1.29, 1.82) is 0 Å². The lowest BCUT2D eigenvalue weighted by Gasteiger charge is -1.91. The van der Waals surface area contributed by atoms with Gasteiger partial charge in [-0.15, -0.1) is 0 Å². The maximum Gasteiger partial charge on any atom is 0.159 e. The number of aliphatic imine (C=N–C) groups is 1. The van der Waals surface area contributed by atoms with Crippen LogP contribution in [0.15, 0.2) is 4.99 Å². The van der Waals surface area contributed by atoms with Gasteiger partial charge in [-0.3, -0.25) is 15.1 Å². The first-order valence-electron chi connectivity index (χ1n) is 2.14. The van der Waals surface area contributed by atoms with Gasteiger partial charge in [0.2, 0.25) is 0 Å². The summed E-state index contributed by atoms with van der Waals surface area (Å²) in [4.78, 5) is 13.6. The summed E-state index contributed by atoms with van der Waals surface area (Å²) in [5.74, 6) is 0. The van der Waals surface area contributed by atoms with Crippen molar-refractivity contribution in [2.24, 2.45) is 4.99 Å². The highest BCUT2D eigenvalue weighted by Gasteiger charge is 2.04. The van der Waals surface area contributed by atoms with Gasteiger partial charge in [0.25, 0.3) is 0 Å². The highest BCUT2D eigenvalue weighted by molar-refractivity contribution is 5.70. The number of nitrogens with one attached hydrogen (secondary N) is 1. The lowest BCUT2D eigenvalue weighted by atomic mass is 10.6. The summed E-state index contributed by atoms with van der Waals surface area (Å²) in [6.45, 7) is 0.726. The zero-order valence-corrected chi connectivity index (χ0v) is 3.79. The molecule has 0 amide bonds. The first-order valence-corrected chi connectivity index (χ1v) is 2.14. The van der Waals surface area contributed by atoms with E-state index < -0.39 is 0 Å². The minimum Gasteiger partial charge on any atom is -0.299 e. The van der Waals surface area contributed by atoms with Gasteiger partial charge in [0.05, 0.1) is 0 Å². The van der Waals surface area contributed by atoms with E-state index in [1.807, 2.05) is 0 Å². The average Bonchev–Trinajstić information content (AvgIpc) is 2.14. The van der Waals surface area contributed by atoms with Crippen LogP contribution in [-0.4, -0.2) is 25.2 Å². The van der Waals surface area contributed by atoms with E-state index in [-0.39, 0.29) is 6.17 Å². The Morgan fingerprint density at radius 3 is 3.14 bits per heavy atom. The van der Waals surface area contributed by atoms with E-state index in [0.29, 0.717) is 0 Å². The average molecular weight is 98.1 g/mol. The molecule has 3 nitrogen and oxygen atoms in total. The van der Waals surface area contributed by atoms with Crippen LogP contribution in [-0.2, 0) is 4.79 Å². The van der Waals surface area contributed by atoms with E-state index in [1.165, 1.54) is 0 Å². The Morgan fingerprint density at radius 2 is 2.86 bits per heavy atom. The van der Waals surface area contributed by atoms with E-state index in [2.05, 4.69) is 10.3 Å². The Balaban J connectivity index is 2.42. The summed E-state index contributed by atoms with van der Waals surface area (Å²) < 4.78 is 0. The second kappa shape index (κ2) is 1.84. The molecule has 1 rings (SSSR count). The Bertz CT molecular complexity index is 99.9. The third-order valence-corrected chi connectivity index (χ3v) is 0.813. The highest BCUT2D eigenvalue weighted by atomic mass is 16.1. The lowest BCUT2D eigenvalue weighted by Crippen LogP contribution is -2.22. The van der Waals surface area contributed by atoms with Gasteiger partial charge in [-0.25, -0.2) is 0 Å². The monoisotopic (exact) mass is 98.0 g/mol. The number of rotatable bonds is 1. The lowest BCUT2D eigenvalue weighted by molar-refractivity contribution is -0.109. The smallest absolute Gasteiger partial charge is 0.159 e. The van der Waals surface area contributed by atoms with Crippen molar-refractivity contribution >= 4 is 12.5 Å². The molecule has 1 aliphatic rings. The van der Waals surface area contributed by atoms with Crippen LogP contribution in [0.4, 0.5) is 0 Å². The predicted octanol–water partition coefficient (Wildman–Crippen LogP) is -0.815. The number of carbonyl (C=O) groups excluding carboxylic acids is 1. The summed E-state index contributed by atoms with van der Waals surface area (Å²) >= 11 is 0. The Morgan fingerprint density at radius 1 is 2.00 bits per heavy atom. The molecule has 0 bridgehead atoms. The van der Waals surface area contributed by atoms with Gasteiger partial charge in [-0.1, -0.05) is 0 Å². The maximum atomic E-state index is 9.83. The van der Waals surface area contributed by atoms with Crippen molar-refractivity contribution in [3.63, 3.8) is 0 Å². The van der Waals surface area contributed by atoms with Crippen molar-refractivity contribution in [3.05, 3.63) is 0 Å². The SMILES string of the molecule is O=CC1N=CCN1. The minimum atomic E-state index is -0.264. The van der Waals surface area contributed by atoms with Gasteiger partial charge in [-0.2, -0.15) is 0 Å². The summed E-state index contributed by atoms with van der Waals surface area (Å²) in [5.41, 5.74) is 0. The molecule has 1 aliphatic heterocycles. The van der Waals surface area contributed by atoms with Crippen molar-refractivity contribution in [3.8, 4) is 0 Å². The van der Waals surface area contributed by atoms with Gasteiger partial charge in [0, 0.05) is 12.8 Å². The van der Waals surface area contributed by atoms with Crippen LogP contribution in [0.25, 0.3) is 0 Å². The molecular weight excluding hydrogens is 92.1 g/mol. The van der Waals surface area contributed by atoms with Crippen LogP contribution in [0.5, 0.6) is 0 Å². The first kappa shape index (κ1) is 4.46. The maximum absolute atomic E-state index is 9.83. The molecule has 0 aromatic heterocycles. The molecule has 0 aromatic rings. The van der Waals surface area contributed by atoms with E-state index in [4.69, 9.17) is 0 Å². The molecule has 0 aromatic carbocycles. The van der Waals surface area contributed by atoms with Gasteiger partial charge in [0.1, 0.15) is 0 Å². The predicted molar refractivity (Wildman–Crippen MR) is 26.3 cm³/mol. The van der Waals surface area contributed by atoms with Gasteiger partial charge >= 0.3 is 0 Å². The fourth-order valence-electron chi connectivity index (χ4n) is 0.476. The fraction of sp³-hybridized carbons (Fsp3) is 0.500. The van der Waals surface area contributed by atoms with E-state index >= 15 is 0 Å². The van der Waals surface area contributed by atoms with Crippen LogP contribution in [0.3, 0.4) is 0 Å². The summed E-state index contributed by atoms with van der Waals surface area (Å²) in [6, 6.07) is 0. The molecule has 0 aliphatic carbocycles. The zero-order chi connectivity index (χ0) is 5.11. The Hall–Kier alpha value is -0.700. The van der Waals surface area contributed by atoms with Gasteiger partial charge in [0.15, 0.2) is 12.5 Å². The van der Waals surface area contributed by atoms with Crippen molar-refractivity contribution in [2.45, 2.75) is 6.17 Å². The van der Waals surface area contributed by atoms with Gasteiger partial charge < -0.3 is 0 Å². The fourth-order valence-corrected chi connectivity index (χ4v) is 0.476. The third-order valence-electron chi connectivity index (χ3n) is 0.813. The highest BCUT2D eigenvalue weighted by Crippen LogP contribution is 1.82. The normalized spacial score (nSPS) is 28.3. The number of nitrogens with zero attached hydrogens (tertiary/aromatic N) is 1. The molecule has 3 heteroatoms. The summed E-state index contributed by atoms with van der Waals surface area (Å²) in [5, 5.41) is 2.82. The van der Waals surface area contributed by atoms with Gasteiger partial charge in [-0.05, 0) is 0 Å². The molecule has 0 spiro atoms. The third kappa shape index (κ3) is 0.838. The second-order valence-electron chi connectivity index (χ2n) is 1.32. The van der Waals surface area contributed by atoms with Crippen molar-refractivity contribution in [1.82, 2.24) is 5.32 Å². The summed E-state index contributed by atoms with van der Waals surface area (Å²) in [6.07, 6.45) is 2.21. The second-order valence-corrected chi connectivity index (χ2v) is 1.32. The standard InChI is InChI=1S/C4H6N2O/c7-3-4-5-1-2-6-4/h1,3-4,6H,2H2. The molecule has 1 atom stereocenters. The molecule has 0 saturated heterocycles. The quantitative estimate of drug-likeness (QED) is 0.435. The zero-order valence-electron chi connectivity index (χ0n) is 3.79. The Kier molecular flexibility index (Phi) is 1.17. The molecule has 7 heavy (non-hydrogen) atoms. The topological polar surface area (TPSA) is 41.5 Å². The van der Waals surface area contributed by atoms with E-state index in [1.54, 1.807) is 6.21 Å². The molecule has 38 valence electrons. The molecule has 0 fully saturated rings. The molecule has 1 unspecified atom stereocenters. The molecular formula is C4H6N2O. The molecule has 0 radical (unpaired) electrons. The van der Waals surface area contributed by atoms with Crippen LogP contribution in [0.2, 0.25) is 0 Å². The number of carbonyl (C=O) groups is 1. The number of hydrogen-bond acceptors (Lipinski definition) is 3. The molecule has 1 N–H and O–H groups in total. The minimum absolute atomic E-state index is 0.264. The summed E-state index contributed by atoms with van der Waals surface area (Å²) in [7, 11) is 0.